The third-order valence-corrected chi connectivity index (χ3v) is 6.37. The van der Waals surface area contributed by atoms with E-state index in [0.717, 1.165) is 11.1 Å². The summed E-state index contributed by atoms with van der Waals surface area (Å²) in [5.41, 5.74) is 2.37. The van der Waals surface area contributed by atoms with Crippen molar-refractivity contribution in [3.63, 3.8) is 0 Å². The molecule has 33 heavy (non-hydrogen) atoms. The first-order valence-corrected chi connectivity index (χ1v) is 12.3. The van der Waals surface area contributed by atoms with Crippen LogP contribution in [-0.4, -0.2) is 29.6 Å². The molecule has 1 amide bonds. The van der Waals surface area contributed by atoms with Crippen molar-refractivity contribution in [1.82, 2.24) is 14.9 Å². The lowest BCUT2D eigenvalue weighted by molar-refractivity contribution is -0.120. The molecule has 170 valence electrons. The van der Waals surface area contributed by atoms with Crippen LogP contribution in [0.2, 0.25) is 5.02 Å². The van der Waals surface area contributed by atoms with Crippen molar-refractivity contribution in [2.24, 2.45) is 0 Å². The lowest BCUT2D eigenvalue weighted by Crippen LogP contribution is -2.26. The summed E-state index contributed by atoms with van der Waals surface area (Å²) in [5, 5.41) is 3.49. The van der Waals surface area contributed by atoms with Crippen LogP contribution >= 0.6 is 11.6 Å². The van der Waals surface area contributed by atoms with Crippen molar-refractivity contribution in [3.8, 4) is 5.75 Å². The number of imidazole rings is 1. The summed E-state index contributed by atoms with van der Waals surface area (Å²) in [4.78, 5) is 17.1. The van der Waals surface area contributed by atoms with E-state index in [1.54, 1.807) is 47.0 Å². The average molecular weight is 484 g/mol. The highest BCUT2D eigenvalue weighted by atomic mass is 35.5. The summed E-state index contributed by atoms with van der Waals surface area (Å²) in [7, 11) is -3.83. The van der Waals surface area contributed by atoms with Gasteiger partial charge in [-0.05, 0) is 42.0 Å². The van der Waals surface area contributed by atoms with Gasteiger partial charge in [-0.1, -0.05) is 54.1 Å². The molecule has 1 N–H and O–H groups in total. The fourth-order valence-corrected chi connectivity index (χ4v) is 4.41. The number of aryl methyl sites for hydroxylation is 1. The van der Waals surface area contributed by atoms with Gasteiger partial charge >= 0.3 is 10.1 Å². The fourth-order valence-electron chi connectivity index (χ4n) is 3.39. The van der Waals surface area contributed by atoms with Crippen molar-refractivity contribution in [2.45, 2.75) is 19.5 Å². The number of benzene rings is 3. The number of nitrogens with zero attached hydrogens (tertiary/aromatic N) is 2. The Kier molecular flexibility index (Phi) is 6.96. The molecule has 0 saturated carbocycles. The Morgan fingerprint density at radius 3 is 2.42 bits per heavy atom. The smallest absolute Gasteiger partial charge is 0.310 e. The normalized spacial score (nSPS) is 11.4. The summed E-state index contributed by atoms with van der Waals surface area (Å²) in [6.07, 6.45) is 0.0157. The SMILES string of the molecule is O=C(Cc1nc2ccccc2n1CCS(=O)(=O)Oc1ccccc1)NCc1ccc(Cl)cc1. The Balaban J connectivity index is 1.47. The number of fused-ring (bicyclic) bond motifs is 1. The third-order valence-electron chi connectivity index (χ3n) is 4.99. The molecule has 0 aliphatic rings. The molecule has 0 fully saturated rings. The van der Waals surface area contributed by atoms with E-state index in [4.69, 9.17) is 15.8 Å². The molecular weight excluding hydrogens is 462 g/mol. The maximum absolute atomic E-state index is 12.6. The molecule has 0 unspecified atom stereocenters. The van der Waals surface area contributed by atoms with E-state index in [0.29, 0.717) is 22.9 Å². The molecule has 3 aromatic carbocycles. The molecule has 0 bridgehead atoms. The van der Waals surface area contributed by atoms with Gasteiger partial charge in [0.2, 0.25) is 5.91 Å². The number of hydrogen-bond acceptors (Lipinski definition) is 5. The van der Waals surface area contributed by atoms with Crippen LogP contribution in [0.5, 0.6) is 5.75 Å². The van der Waals surface area contributed by atoms with Crippen LogP contribution in [0.25, 0.3) is 11.0 Å². The number of hydrogen-bond donors (Lipinski definition) is 1. The van der Waals surface area contributed by atoms with Gasteiger partial charge in [0.05, 0.1) is 17.5 Å². The summed E-state index contributed by atoms with van der Waals surface area (Å²) >= 11 is 5.89. The molecule has 0 aliphatic carbocycles. The molecule has 1 aromatic heterocycles. The van der Waals surface area contributed by atoms with E-state index in [-0.39, 0.29) is 30.4 Å². The molecule has 4 rings (SSSR count). The van der Waals surface area contributed by atoms with Gasteiger partial charge in [-0.15, -0.1) is 0 Å². The second-order valence-corrected chi connectivity index (χ2v) is 9.53. The first-order chi connectivity index (χ1) is 15.9. The first-order valence-electron chi connectivity index (χ1n) is 10.3. The number of aromatic nitrogens is 2. The fraction of sp³-hybridized carbons (Fsp3) is 0.167. The van der Waals surface area contributed by atoms with E-state index >= 15 is 0 Å². The Hall–Kier alpha value is -3.36. The van der Waals surface area contributed by atoms with Gasteiger partial charge in [-0.3, -0.25) is 4.79 Å². The molecule has 0 radical (unpaired) electrons. The Bertz CT molecular complexity index is 1350. The zero-order valence-electron chi connectivity index (χ0n) is 17.6. The average Bonchev–Trinajstić information content (AvgIpc) is 3.14. The number of amides is 1. The zero-order valence-corrected chi connectivity index (χ0v) is 19.2. The lowest BCUT2D eigenvalue weighted by atomic mass is 10.2. The quantitative estimate of drug-likeness (QED) is 0.364. The molecule has 1 heterocycles. The molecule has 4 aromatic rings. The summed E-state index contributed by atoms with van der Waals surface area (Å²) in [6, 6.07) is 22.9. The second kappa shape index (κ2) is 10.1. The number of halogens is 1. The molecule has 7 nitrogen and oxygen atoms in total. The van der Waals surface area contributed by atoms with Crippen molar-refractivity contribution in [2.75, 3.05) is 5.75 Å². The standard InChI is InChI=1S/C24H22ClN3O4S/c25-19-12-10-18(11-13-19)17-26-24(29)16-23-27-21-8-4-5-9-22(21)28(23)14-15-33(30,31)32-20-6-2-1-3-7-20/h1-13H,14-17H2,(H,26,29). The lowest BCUT2D eigenvalue weighted by Gasteiger charge is -2.11. The predicted octanol–water partition coefficient (Wildman–Crippen LogP) is 3.96. The topological polar surface area (TPSA) is 90.3 Å². The maximum Gasteiger partial charge on any atom is 0.310 e. The first kappa shape index (κ1) is 22.8. The van der Waals surface area contributed by atoms with Crippen LogP contribution < -0.4 is 9.50 Å². The second-order valence-electron chi connectivity index (χ2n) is 7.41. The van der Waals surface area contributed by atoms with E-state index in [9.17, 15) is 13.2 Å². The Morgan fingerprint density at radius 1 is 0.970 bits per heavy atom. The highest BCUT2D eigenvalue weighted by Crippen LogP contribution is 2.18. The number of nitrogens with one attached hydrogen (secondary N) is 1. The van der Waals surface area contributed by atoms with Crippen LogP contribution in [0.3, 0.4) is 0 Å². The highest BCUT2D eigenvalue weighted by molar-refractivity contribution is 7.87. The molecule has 0 aliphatic heterocycles. The summed E-state index contributed by atoms with van der Waals surface area (Å²) in [6.45, 7) is 0.463. The molecule has 9 heteroatoms. The molecule has 0 spiro atoms. The van der Waals surface area contributed by atoms with Crippen LogP contribution in [0.15, 0.2) is 78.9 Å². The monoisotopic (exact) mass is 483 g/mol. The third kappa shape index (κ3) is 6.12. The molecular formula is C24H22ClN3O4S. The molecule has 0 atom stereocenters. The number of carbonyl (C=O) groups is 1. The zero-order chi connectivity index (χ0) is 23.3. The van der Waals surface area contributed by atoms with E-state index in [1.165, 1.54) is 0 Å². The number of carbonyl (C=O) groups excluding carboxylic acids is 1. The summed E-state index contributed by atoms with van der Waals surface area (Å²) < 4.78 is 31.9. The van der Waals surface area contributed by atoms with Crippen molar-refractivity contribution >= 4 is 38.7 Å². The summed E-state index contributed by atoms with van der Waals surface area (Å²) in [5.74, 6) is 0.265. The van der Waals surface area contributed by atoms with Crippen molar-refractivity contribution < 1.29 is 17.4 Å². The largest absolute Gasteiger partial charge is 0.382 e. The van der Waals surface area contributed by atoms with Gasteiger partial charge in [0.15, 0.2) is 0 Å². The Morgan fingerprint density at radius 2 is 1.67 bits per heavy atom. The highest BCUT2D eigenvalue weighted by Gasteiger charge is 2.18. The minimum absolute atomic E-state index is 0.0157. The number of rotatable bonds is 9. The van der Waals surface area contributed by atoms with E-state index in [1.807, 2.05) is 36.4 Å². The minimum atomic E-state index is -3.83. The van der Waals surface area contributed by atoms with E-state index in [2.05, 4.69) is 10.3 Å². The van der Waals surface area contributed by atoms with Gasteiger partial charge in [0, 0.05) is 18.1 Å². The molecule has 0 saturated heterocycles. The number of para-hydroxylation sites is 3. The van der Waals surface area contributed by atoms with Gasteiger partial charge in [0.1, 0.15) is 17.3 Å². The van der Waals surface area contributed by atoms with Crippen LogP contribution in [0.1, 0.15) is 11.4 Å². The maximum atomic E-state index is 12.6. The van der Waals surface area contributed by atoms with Gasteiger partial charge < -0.3 is 14.1 Å². The van der Waals surface area contributed by atoms with E-state index < -0.39 is 10.1 Å². The van der Waals surface area contributed by atoms with Crippen LogP contribution in [-0.2, 0) is 34.4 Å². The van der Waals surface area contributed by atoms with Gasteiger partial charge in [0.25, 0.3) is 0 Å². The van der Waals surface area contributed by atoms with Gasteiger partial charge in [-0.25, -0.2) is 4.98 Å². The predicted molar refractivity (Wildman–Crippen MR) is 128 cm³/mol. The van der Waals surface area contributed by atoms with Crippen LogP contribution in [0.4, 0.5) is 0 Å². The van der Waals surface area contributed by atoms with Crippen LogP contribution in [0, 0.1) is 0 Å². The van der Waals surface area contributed by atoms with Gasteiger partial charge in [-0.2, -0.15) is 8.42 Å². The van der Waals surface area contributed by atoms with Crippen molar-refractivity contribution in [1.29, 1.82) is 0 Å². The van der Waals surface area contributed by atoms with Crippen molar-refractivity contribution in [3.05, 3.63) is 95.3 Å². The Labute approximate surface area is 197 Å². The minimum Gasteiger partial charge on any atom is -0.382 e.